The van der Waals surface area contributed by atoms with Gasteiger partial charge in [0.25, 0.3) is 0 Å². The number of fused-ring (bicyclic) bond motifs is 2. The van der Waals surface area contributed by atoms with Crippen LogP contribution in [0.5, 0.6) is 5.75 Å². The van der Waals surface area contributed by atoms with Crippen LogP contribution in [-0.2, 0) is 22.6 Å². The first-order chi connectivity index (χ1) is 17.7. The van der Waals surface area contributed by atoms with E-state index in [9.17, 15) is 14.7 Å². The largest absolute Gasteiger partial charge is 0.494 e. The molecule has 1 heterocycles. The van der Waals surface area contributed by atoms with Gasteiger partial charge in [0, 0.05) is 26.6 Å². The highest BCUT2D eigenvalue weighted by molar-refractivity contribution is 5.87. The highest BCUT2D eigenvalue weighted by atomic mass is 16.5. The Morgan fingerprint density at radius 2 is 1.89 bits per heavy atom. The van der Waals surface area contributed by atoms with Crippen LogP contribution in [0.15, 0.2) is 48.5 Å². The summed E-state index contributed by atoms with van der Waals surface area (Å²) in [6.07, 6.45) is 2.53. The second-order valence-electron chi connectivity index (χ2n) is 10.4. The van der Waals surface area contributed by atoms with Crippen molar-refractivity contribution in [2.75, 3.05) is 20.2 Å². The van der Waals surface area contributed by atoms with Gasteiger partial charge in [-0.1, -0.05) is 50.2 Å². The van der Waals surface area contributed by atoms with Crippen molar-refractivity contribution in [3.8, 4) is 5.75 Å². The smallest absolute Gasteiger partial charge is 0.242 e. The third kappa shape index (κ3) is 8.86. The number of carbonyl (C=O) groups is 2. The van der Waals surface area contributed by atoms with E-state index >= 15 is 0 Å². The Morgan fingerprint density at radius 1 is 1.11 bits per heavy atom. The van der Waals surface area contributed by atoms with E-state index in [1.807, 2.05) is 24.3 Å². The Morgan fingerprint density at radius 3 is 2.68 bits per heavy atom. The molecule has 0 saturated carbocycles. The molecule has 2 bridgehead atoms. The van der Waals surface area contributed by atoms with Gasteiger partial charge >= 0.3 is 0 Å². The summed E-state index contributed by atoms with van der Waals surface area (Å²) in [5.41, 5.74) is 3.40. The van der Waals surface area contributed by atoms with E-state index in [1.165, 1.54) is 10.5 Å². The fourth-order valence-electron chi connectivity index (χ4n) is 4.48. The van der Waals surface area contributed by atoms with E-state index in [1.54, 1.807) is 14.0 Å². The fourth-order valence-corrected chi connectivity index (χ4v) is 4.48. The van der Waals surface area contributed by atoms with Gasteiger partial charge in [0.05, 0.1) is 18.8 Å². The average Bonchev–Trinajstić information content (AvgIpc) is 2.89. The molecule has 0 spiro atoms. The molecule has 0 radical (unpaired) electrons. The lowest BCUT2D eigenvalue weighted by atomic mass is 9.99. The third-order valence-corrected chi connectivity index (χ3v) is 7.10. The average molecular weight is 510 g/mol. The van der Waals surface area contributed by atoms with Crippen LogP contribution >= 0.6 is 0 Å². The number of carbonyl (C=O) groups excluding carboxylic acids is 2. The van der Waals surface area contributed by atoms with Gasteiger partial charge in [-0.05, 0) is 67.3 Å². The summed E-state index contributed by atoms with van der Waals surface area (Å²) >= 11 is 0. The molecule has 0 fully saturated rings. The maximum absolute atomic E-state index is 13.1. The Bertz CT molecular complexity index is 1030. The van der Waals surface area contributed by atoms with Crippen LogP contribution in [0.25, 0.3) is 0 Å². The van der Waals surface area contributed by atoms with Crippen LogP contribution in [0.4, 0.5) is 0 Å². The minimum Gasteiger partial charge on any atom is -0.494 e. The standard InChI is InChI=1S/C30H43N3O4/c1-21(2)25-12-8-11-24(16-25)19-31-20-28(34)27-18-23-10-9-13-26(17-23)37-15-7-5-6-14-29(35)33(4)22(3)30(36)32-27/h8-13,16-17,21-22,27-28,31,34H,5-7,14-15,18-20H2,1-4H3,(H,32,36)/t22-,27-,28+/m0/s1. The van der Waals surface area contributed by atoms with Gasteiger partial charge in [0.2, 0.25) is 11.8 Å². The van der Waals surface area contributed by atoms with Gasteiger partial charge in [-0.2, -0.15) is 0 Å². The van der Waals surface area contributed by atoms with Gasteiger partial charge in [-0.15, -0.1) is 0 Å². The van der Waals surface area contributed by atoms with Crippen LogP contribution in [-0.4, -0.2) is 60.2 Å². The fraction of sp³-hybridized carbons (Fsp3) is 0.533. The molecule has 0 aromatic heterocycles. The van der Waals surface area contributed by atoms with Gasteiger partial charge < -0.3 is 25.4 Å². The lowest BCUT2D eigenvalue weighted by Gasteiger charge is -2.29. The molecule has 3 rings (SSSR count). The number of nitrogens with one attached hydrogen (secondary N) is 2. The minimum atomic E-state index is -0.825. The summed E-state index contributed by atoms with van der Waals surface area (Å²) < 4.78 is 5.91. The van der Waals surface area contributed by atoms with Crippen LogP contribution in [0.1, 0.15) is 69.1 Å². The Kier molecular flexibility index (Phi) is 11.0. The quantitative estimate of drug-likeness (QED) is 0.551. The molecular weight excluding hydrogens is 466 g/mol. The molecule has 7 nitrogen and oxygen atoms in total. The monoisotopic (exact) mass is 509 g/mol. The van der Waals surface area contributed by atoms with Crippen molar-refractivity contribution in [1.82, 2.24) is 15.5 Å². The third-order valence-electron chi connectivity index (χ3n) is 7.10. The molecular formula is C30H43N3O4. The number of nitrogens with zero attached hydrogens (tertiary/aromatic N) is 1. The molecule has 3 atom stereocenters. The highest BCUT2D eigenvalue weighted by Gasteiger charge is 2.27. The summed E-state index contributed by atoms with van der Waals surface area (Å²) in [5.74, 6) is 0.898. The molecule has 1 aliphatic rings. The second kappa shape index (κ2) is 14.1. The molecule has 1 aliphatic heterocycles. The van der Waals surface area contributed by atoms with E-state index < -0.39 is 18.2 Å². The summed E-state index contributed by atoms with van der Waals surface area (Å²) in [4.78, 5) is 27.2. The number of benzene rings is 2. The lowest BCUT2D eigenvalue weighted by molar-refractivity contribution is -0.139. The number of hydrogen-bond donors (Lipinski definition) is 3. The van der Waals surface area contributed by atoms with Crippen molar-refractivity contribution in [1.29, 1.82) is 0 Å². The molecule has 0 aliphatic carbocycles. The maximum Gasteiger partial charge on any atom is 0.242 e. The van der Waals surface area contributed by atoms with Crippen molar-refractivity contribution >= 4 is 11.8 Å². The summed E-state index contributed by atoms with van der Waals surface area (Å²) in [7, 11) is 1.67. The normalized spacial score (nSPS) is 20.9. The van der Waals surface area contributed by atoms with E-state index in [2.05, 4.69) is 48.7 Å². The van der Waals surface area contributed by atoms with Gasteiger partial charge in [-0.25, -0.2) is 0 Å². The van der Waals surface area contributed by atoms with Crippen molar-refractivity contribution < 1.29 is 19.4 Å². The molecule has 3 N–H and O–H groups in total. The van der Waals surface area contributed by atoms with Crippen molar-refractivity contribution in [3.05, 3.63) is 65.2 Å². The molecule has 2 aromatic rings. The number of hydrogen-bond acceptors (Lipinski definition) is 5. The van der Waals surface area contributed by atoms with Crippen LogP contribution in [0.3, 0.4) is 0 Å². The van der Waals surface area contributed by atoms with Gasteiger partial charge in [0.1, 0.15) is 11.8 Å². The van der Waals surface area contributed by atoms with E-state index in [4.69, 9.17) is 4.74 Å². The molecule has 37 heavy (non-hydrogen) atoms. The number of aliphatic hydroxyl groups excluding tert-OH is 1. The topological polar surface area (TPSA) is 90.9 Å². The van der Waals surface area contributed by atoms with Crippen LogP contribution in [0, 0.1) is 0 Å². The summed E-state index contributed by atoms with van der Waals surface area (Å²) in [6, 6.07) is 15.1. The SMILES string of the molecule is CC(C)c1cccc(CNC[C@@H](O)[C@@H]2Cc3cccc(c3)OCCCCCC(=O)N(C)[C@@H](C)C(=O)N2)c1. The zero-order valence-corrected chi connectivity index (χ0v) is 22.7. The minimum absolute atomic E-state index is 0.0525. The predicted molar refractivity (Wildman–Crippen MR) is 147 cm³/mol. The van der Waals surface area contributed by atoms with Crippen molar-refractivity contribution in [3.63, 3.8) is 0 Å². The second-order valence-corrected chi connectivity index (χ2v) is 10.4. The number of ether oxygens (including phenoxy) is 1. The number of rotatable bonds is 6. The first-order valence-corrected chi connectivity index (χ1v) is 13.5. The molecule has 2 amide bonds. The van der Waals surface area contributed by atoms with Crippen LogP contribution < -0.4 is 15.4 Å². The van der Waals surface area contributed by atoms with E-state index in [-0.39, 0.29) is 11.8 Å². The predicted octanol–water partition coefficient (Wildman–Crippen LogP) is 3.79. The Balaban J connectivity index is 1.73. The maximum atomic E-state index is 13.1. The van der Waals surface area contributed by atoms with Crippen molar-refractivity contribution in [2.45, 2.75) is 83.5 Å². The summed E-state index contributed by atoms with van der Waals surface area (Å²) in [5, 5.41) is 17.5. The molecule has 0 unspecified atom stereocenters. The zero-order chi connectivity index (χ0) is 26.8. The number of aliphatic hydroxyl groups is 1. The highest BCUT2D eigenvalue weighted by Crippen LogP contribution is 2.18. The zero-order valence-electron chi connectivity index (χ0n) is 22.7. The van der Waals surface area contributed by atoms with E-state index in [0.717, 1.165) is 36.1 Å². The van der Waals surface area contributed by atoms with Crippen molar-refractivity contribution in [2.24, 2.45) is 0 Å². The molecule has 202 valence electrons. The van der Waals surface area contributed by atoms with E-state index in [0.29, 0.717) is 38.5 Å². The molecule has 2 aromatic carbocycles. The number of likely N-dealkylation sites (N-methyl/N-ethyl adjacent to an activating group) is 1. The lowest BCUT2D eigenvalue weighted by Crippen LogP contribution is -2.54. The molecule has 0 saturated heterocycles. The first-order valence-electron chi connectivity index (χ1n) is 13.5. The van der Waals surface area contributed by atoms with Gasteiger partial charge in [-0.3, -0.25) is 9.59 Å². The first kappa shape index (κ1) is 28.7. The summed E-state index contributed by atoms with van der Waals surface area (Å²) in [6.45, 7) is 7.59. The van der Waals surface area contributed by atoms with Gasteiger partial charge in [0.15, 0.2) is 0 Å². The number of amides is 2. The van der Waals surface area contributed by atoms with Crippen LogP contribution in [0.2, 0.25) is 0 Å². The Labute approximate surface area is 221 Å². The Hall–Kier alpha value is -2.90. The molecule has 7 heteroatoms.